The molecule has 0 aliphatic rings. The van der Waals surface area contributed by atoms with Crippen LogP contribution in [0.5, 0.6) is 6.01 Å². The molecule has 0 bridgehead atoms. The van der Waals surface area contributed by atoms with Crippen LogP contribution in [-0.2, 0) is 14.9 Å². The Bertz CT molecular complexity index is 765. The Morgan fingerprint density at radius 1 is 1.29 bits per heavy atom. The summed E-state index contributed by atoms with van der Waals surface area (Å²) in [5, 5.41) is 2.10. The van der Waals surface area contributed by atoms with Gasteiger partial charge in [0.15, 0.2) is 11.6 Å². The van der Waals surface area contributed by atoms with Crippen LogP contribution in [0.3, 0.4) is 0 Å². The number of carbonyl (C=O) groups is 1. The van der Waals surface area contributed by atoms with E-state index in [0.717, 1.165) is 6.92 Å². The van der Waals surface area contributed by atoms with Crippen LogP contribution in [0, 0.1) is 5.82 Å². The predicted octanol–water partition coefficient (Wildman–Crippen LogP) is 1.34. The number of carbonyl (C=O) groups excluding carboxylic acids is 1. The monoisotopic (exact) mass is 311 g/mol. The molecule has 0 atom stereocenters. The van der Waals surface area contributed by atoms with Crippen LogP contribution in [0.2, 0.25) is 0 Å². The van der Waals surface area contributed by atoms with Gasteiger partial charge in [-0.25, -0.2) is 4.39 Å². The second kappa shape index (κ2) is 5.83. The number of halogens is 1. The molecule has 0 unspecified atom stereocenters. The van der Waals surface area contributed by atoms with Gasteiger partial charge in [-0.3, -0.25) is 4.79 Å². The van der Waals surface area contributed by atoms with Crippen molar-refractivity contribution in [2.75, 3.05) is 5.32 Å². The topological polar surface area (TPSA) is 98.2 Å². The van der Waals surface area contributed by atoms with Gasteiger partial charge in [0.05, 0.1) is 6.20 Å². The summed E-state index contributed by atoms with van der Waals surface area (Å²) in [7, 11) is -4.13. The van der Waals surface area contributed by atoms with E-state index in [2.05, 4.69) is 15.3 Å². The Balaban J connectivity index is 2.30. The maximum Gasteiger partial charge on any atom is 0.341 e. The Labute approximate surface area is 119 Å². The van der Waals surface area contributed by atoms with Gasteiger partial charge in [-0.05, 0) is 12.1 Å². The molecule has 0 saturated carbocycles. The van der Waals surface area contributed by atoms with Crippen molar-refractivity contribution in [1.82, 2.24) is 9.97 Å². The van der Waals surface area contributed by atoms with Crippen LogP contribution in [0.25, 0.3) is 0 Å². The molecule has 9 heteroatoms. The number of hydrogen-bond acceptors (Lipinski definition) is 6. The molecule has 1 aromatic carbocycles. The molecule has 1 N–H and O–H groups in total. The fourth-order valence-corrected chi connectivity index (χ4v) is 2.24. The zero-order chi connectivity index (χ0) is 15.5. The Kier molecular flexibility index (Phi) is 4.13. The summed E-state index contributed by atoms with van der Waals surface area (Å²) >= 11 is 0. The average Bonchev–Trinajstić information content (AvgIpc) is 2.43. The smallest absolute Gasteiger partial charge is 0.339 e. The summed E-state index contributed by atoms with van der Waals surface area (Å²) in [4.78, 5) is 17.7. The van der Waals surface area contributed by atoms with E-state index >= 15 is 0 Å². The molecule has 0 aliphatic carbocycles. The molecule has 1 amide bonds. The molecular weight excluding hydrogens is 301 g/mol. The van der Waals surface area contributed by atoms with E-state index in [-0.39, 0.29) is 4.90 Å². The van der Waals surface area contributed by atoms with Crippen molar-refractivity contribution in [3.8, 4) is 6.01 Å². The number of nitrogens with zero attached hydrogens (tertiary/aromatic N) is 2. The van der Waals surface area contributed by atoms with Crippen molar-refractivity contribution in [3.05, 3.63) is 42.3 Å². The van der Waals surface area contributed by atoms with Crippen molar-refractivity contribution in [2.24, 2.45) is 0 Å². The number of benzene rings is 1. The first-order chi connectivity index (χ1) is 9.88. The lowest BCUT2D eigenvalue weighted by Gasteiger charge is -2.07. The highest BCUT2D eigenvalue weighted by molar-refractivity contribution is 7.87. The Morgan fingerprint density at radius 3 is 2.57 bits per heavy atom. The van der Waals surface area contributed by atoms with Crippen molar-refractivity contribution in [3.63, 3.8) is 0 Å². The van der Waals surface area contributed by atoms with Crippen molar-refractivity contribution < 1.29 is 21.8 Å². The second-order valence-electron chi connectivity index (χ2n) is 3.88. The number of anilines is 1. The molecule has 0 aliphatic heterocycles. The fourth-order valence-electron chi connectivity index (χ4n) is 1.38. The van der Waals surface area contributed by atoms with Gasteiger partial charge >= 0.3 is 16.1 Å². The average molecular weight is 311 g/mol. The summed E-state index contributed by atoms with van der Waals surface area (Å²) in [6, 6.07) is 6.74. The van der Waals surface area contributed by atoms with Crippen molar-refractivity contribution >= 4 is 21.8 Å². The summed E-state index contributed by atoms with van der Waals surface area (Å²) in [6.45, 7) is 1.16. The van der Waals surface area contributed by atoms with E-state index in [0.29, 0.717) is 6.20 Å². The van der Waals surface area contributed by atoms with Gasteiger partial charge in [-0.1, -0.05) is 18.2 Å². The van der Waals surface area contributed by atoms with Crippen LogP contribution in [0.1, 0.15) is 6.92 Å². The number of hydrogen-bond donors (Lipinski definition) is 1. The SMILES string of the molecule is CC(=O)Nc1nc(OS(=O)(=O)c2ccccc2)ncc1F. The molecule has 2 rings (SSSR count). The minimum atomic E-state index is -4.13. The van der Waals surface area contributed by atoms with Crippen LogP contribution < -0.4 is 9.50 Å². The first-order valence-electron chi connectivity index (χ1n) is 5.68. The minimum Gasteiger partial charge on any atom is -0.339 e. The first-order valence-corrected chi connectivity index (χ1v) is 7.09. The first kappa shape index (κ1) is 14.9. The molecule has 21 heavy (non-hydrogen) atoms. The minimum absolute atomic E-state index is 0.0981. The van der Waals surface area contributed by atoms with Gasteiger partial charge in [0.2, 0.25) is 5.91 Å². The van der Waals surface area contributed by atoms with E-state index < -0.39 is 33.7 Å². The number of aromatic nitrogens is 2. The third-order valence-electron chi connectivity index (χ3n) is 2.23. The van der Waals surface area contributed by atoms with Crippen molar-refractivity contribution in [1.29, 1.82) is 0 Å². The number of nitrogens with one attached hydrogen (secondary N) is 1. The van der Waals surface area contributed by atoms with E-state index in [4.69, 9.17) is 4.18 Å². The van der Waals surface area contributed by atoms with Gasteiger partial charge in [0, 0.05) is 6.92 Å². The molecule has 7 nitrogen and oxygen atoms in total. The number of amides is 1. The van der Waals surface area contributed by atoms with Gasteiger partial charge < -0.3 is 9.50 Å². The molecule has 0 radical (unpaired) electrons. The predicted molar refractivity (Wildman–Crippen MR) is 70.5 cm³/mol. The van der Waals surface area contributed by atoms with E-state index in [9.17, 15) is 17.6 Å². The maximum absolute atomic E-state index is 13.3. The van der Waals surface area contributed by atoms with Gasteiger partial charge in [0.25, 0.3) is 0 Å². The fraction of sp³-hybridized carbons (Fsp3) is 0.0833. The zero-order valence-electron chi connectivity index (χ0n) is 10.8. The Hall–Kier alpha value is -2.55. The lowest BCUT2D eigenvalue weighted by Crippen LogP contribution is -2.14. The highest BCUT2D eigenvalue weighted by atomic mass is 32.2. The summed E-state index contributed by atoms with van der Waals surface area (Å²) < 4.78 is 41.9. The third kappa shape index (κ3) is 3.72. The van der Waals surface area contributed by atoms with Crippen molar-refractivity contribution in [2.45, 2.75) is 11.8 Å². The molecule has 1 heterocycles. The largest absolute Gasteiger partial charge is 0.341 e. The van der Waals surface area contributed by atoms with Crippen LogP contribution >= 0.6 is 0 Å². The molecule has 1 aromatic heterocycles. The lowest BCUT2D eigenvalue weighted by atomic mass is 10.4. The van der Waals surface area contributed by atoms with Crippen LogP contribution in [-0.4, -0.2) is 24.3 Å². The molecule has 0 saturated heterocycles. The normalized spacial score (nSPS) is 11.0. The standard InChI is InChI=1S/C12H10FN3O4S/c1-8(17)15-11-10(13)7-14-12(16-11)20-21(18,19)9-5-3-2-4-6-9/h2-7H,1H3,(H,14,15,16,17). The highest BCUT2D eigenvalue weighted by Gasteiger charge is 2.19. The molecule has 0 fully saturated rings. The molecule has 110 valence electrons. The summed E-state index contributed by atoms with van der Waals surface area (Å²) in [6.07, 6.45) is 0.703. The number of rotatable bonds is 4. The molecule has 0 spiro atoms. The highest BCUT2D eigenvalue weighted by Crippen LogP contribution is 2.17. The van der Waals surface area contributed by atoms with E-state index in [1.807, 2.05) is 0 Å². The molecule has 2 aromatic rings. The summed E-state index contributed by atoms with van der Waals surface area (Å²) in [5.74, 6) is -1.94. The van der Waals surface area contributed by atoms with Crippen LogP contribution in [0.15, 0.2) is 41.4 Å². The summed E-state index contributed by atoms with van der Waals surface area (Å²) in [5.41, 5.74) is 0. The van der Waals surface area contributed by atoms with Gasteiger partial charge in [-0.2, -0.15) is 18.4 Å². The zero-order valence-corrected chi connectivity index (χ0v) is 11.6. The Morgan fingerprint density at radius 2 is 1.95 bits per heavy atom. The maximum atomic E-state index is 13.3. The quantitative estimate of drug-likeness (QED) is 0.856. The third-order valence-corrected chi connectivity index (χ3v) is 3.45. The van der Waals surface area contributed by atoms with Gasteiger partial charge in [0.1, 0.15) is 4.90 Å². The molecular formula is C12H10FN3O4S. The lowest BCUT2D eigenvalue weighted by molar-refractivity contribution is -0.114. The van der Waals surface area contributed by atoms with E-state index in [1.165, 1.54) is 24.3 Å². The van der Waals surface area contributed by atoms with E-state index in [1.54, 1.807) is 6.07 Å². The second-order valence-corrected chi connectivity index (χ2v) is 5.43. The van der Waals surface area contributed by atoms with Gasteiger partial charge in [-0.15, -0.1) is 0 Å². The van der Waals surface area contributed by atoms with Crippen LogP contribution in [0.4, 0.5) is 10.2 Å².